The Labute approximate surface area is 242 Å². The van der Waals surface area contributed by atoms with E-state index in [0.717, 1.165) is 16.9 Å². The van der Waals surface area contributed by atoms with Crippen LogP contribution in [0.5, 0.6) is 11.5 Å². The highest BCUT2D eigenvalue weighted by Crippen LogP contribution is 2.45. The molecule has 4 rings (SSSR count). The molecule has 3 aromatic rings. The number of nitrogens with zero attached hydrogens (tertiary/aromatic N) is 2. The number of aromatic nitrogens is 1. The number of allylic oxidation sites excluding steroid dienone is 1. The predicted molar refractivity (Wildman–Crippen MR) is 156 cm³/mol. The van der Waals surface area contributed by atoms with Crippen molar-refractivity contribution in [1.29, 1.82) is 0 Å². The molecule has 2 aromatic carbocycles. The Balaban J connectivity index is 1.84. The second-order valence-electron chi connectivity index (χ2n) is 8.82. The van der Waals surface area contributed by atoms with Crippen LogP contribution in [0, 0.1) is 6.92 Å². The molecule has 41 heavy (non-hydrogen) atoms. The zero-order valence-corrected chi connectivity index (χ0v) is 23.8. The van der Waals surface area contributed by atoms with Crippen molar-refractivity contribution >= 4 is 40.2 Å². The zero-order chi connectivity index (χ0) is 29.5. The Kier molecular flexibility index (Phi) is 9.36. The molecule has 1 aromatic heterocycles. The Morgan fingerprint density at radius 3 is 2.54 bits per heavy atom. The molecule has 0 bridgehead atoms. The third-order valence-corrected chi connectivity index (χ3v) is 7.23. The molecule has 9 nitrogen and oxygen atoms in total. The summed E-state index contributed by atoms with van der Waals surface area (Å²) in [5.74, 6) is -1.81. The summed E-state index contributed by atoms with van der Waals surface area (Å²) >= 11 is 0.947. The van der Waals surface area contributed by atoms with Gasteiger partial charge in [0.1, 0.15) is 11.5 Å². The molecule has 0 spiro atoms. The van der Waals surface area contributed by atoms with Gasteiger partial charge in [-0.2, -0.15) is 0 Å². The van der Waals surface area contributed by atoms with E-state index >= 15 is 0 Å². The first-order chi connectivity index (χ1) is 19.8. The maximum absolute atomic E-state index is 13.6. The average molecular weight is 575 g/mol. The molecular weight excluding hydrogens is 544 g/mol. The average Bonchev–Trinajstić information content (AvgIpc) is 3.48. The highest BCUT2D eigenvalue weighted by atomic mass is 32.1. The van der Waals surface area contributed by atoms with Crippen molar-refractivity contribution in [3.8, 4) is 11.5 Å². The number of ether oxygens (including phenoxy) is 3. The number of benzene rings is 2. The van der Waals surface area contributed by atoms with E-state index in [4.69, 9.17) is 14.2 Å². The van der Waals surface area contributed by atoms with E-state index in [1.165, 1.54) is 11.0 Å². The van der Waals surface area contributed by atoms with Gasteiger partial charge in [-0.15, -0.1) is 0 Å². The molecule has 0 aliphatic carbocycles. The number of thiazole rings is 1. The molecule has 1 aliphatic heterocycles. The SMILES string of the molecule is C=CCOc1ccc(C2C(C(=O)/C=C/c3ccccc3)=C(O)C(=O)N2c2nc(C)c(C(=O)OCC)s2)cc1OCC. The third-order valence-electron chi connectivity index (χ3n) is 6.09. The van der Waals surface area contributed by atoms with Crippen LogP contribution in [0.4, 0.5) is 5.13 Å². The second-order valence-corrected chi connectivity index (χ2v) is 9.80. The number of esters is 1. The second kappa shape index (κ2) is 13.1. The van der Waals surface area contributed by atoms with Crippen molar-refractivity contribution in [1.82, 2.24) is 4.98 Å². The number of amides is 1. The summed E-state index contributed by atoms with van der Waals surface area (Å²) in [7, 11) is 0. The summed E-state index contributed by atoms with van der Waals surface area (Å²) in [4.78, 5) is 45.5. The summed E-state index contributed by atoms with van der Waals surface area (Å²) in [6.45, 7) is 9.56. The van der Waals surface area contributed by atoms with Gasteiger partial charge in [-0.25, -0.2) is 9.78 Å². The molecule has 1 amide bonds. The molecule has 0 fully saturated rings. The number of carbonyl (C=O) groups is 3. The zero-order valence-electron chi connectivity index (χ0n) is 23.0. The molecule has 0 saturated heterocycles. The number of carbonyl (C=O) groups excluding carboxylic acids is 3. The summed E-state index contributed by atoms with van der Waals surface area (Å²) in [6.07, 6.45) is 4.52. The van der Waals surface area contributed by atoms with Gasteiger partial charge in [-0.05, 0) is 50.1 Å². The van der Waals surface area contributed by atoms with E-state index < -0.39 is 29.5 Å². The number of hydrogen-bond acceptors (Lipinski definition) is 9. The van der Waals surface area contributed by atoms with Crippen LogP contribution in [0.2, 0.25) is 0 Å². The number of hydrogen-bond donors (Lipinski definition) is 1. The van der Waals surface area contributed by atoms with Crippen LogP contribution in [0.15, 0.2) is 78.6 Å². The van der Waals surface area contributed by atoms with Crippen LogP contribution in [0.25, 0.3) is 6.08 Å². The first-order valence-corrected chi connectivity index (χ1v) is 13.8. The van der Waals surface area contributed by atoms with Gasteiger partial charge in [0.2, 0.25) is 0 Å². The third kappa shape index (κ3) is 6.22. The van der Waals surface area contributed by atoms with Gasteiger partial charge in [0, 0.05) is 0 Å². The number of anilines is 1. The lowest BCUT2D eigenvalue weighted by atomic mass is 9.95. The lowest BCUT2D eigenvalue weighted by molar-refractivity contribution is -0.117. The highest BCUT2D eigenvalue weighted by molar-refractivity contribution is 7.17. The number of aliphatic hydroxyl groups is 1. The number of aryl methyl sites for hydroxylation is 1. The quantitative estimate of drug-likeness (QED) is 0.165. The minimum atomic E-state index is -1.07. The highest BCUT2D eigenvalue weighted by Gasteiger charge is 2.45. The standard InChI is InChI=1S/C31H30N2O7S/c1-5-17-40-23-16-14-21(18-24(23)38-6-2)26-25(22(34)15-13-20-11-9-8-10-12-20)27(35)29(36)33(26)31-32-19(4)28(41-31)30(37)39-7-3/h5,8-16,18,26,35H,1,6-7,17H2,2-4H3/b15-13+. The van der Waals surface area contributed by atoms with E-state index in [1.807, 2.05) is 37.3 Å². The van der Waals surface area contributed by atoms with Gasteiger partial charge in [0.15, 0.2) is 28.2 Å². The normalized spacial score (nSPS) is 15.0. The van der Waals surface area contributed by atoms with E-state index in [0.29, 0.717) is 29.4 Å². The van der Waals surface area contributed by atoms with Crippen LogP contribution in [-0.4, -0.2) is 47.6 Å². The van der Waals surface area contributed by atoms with E-state index in [-0.39, 0.29) is 28.8 Å². The van der Waals surface area contributed by atoms with Crippen molar-refractivity contribution in [3.63, 3.8) is 0 Å². The van der Waals surface area contributed by atoms with Crippen molar-refractivity contribution in [3.05, 3.63) is 100 Å². The van der Waals surface area contributed by atoms with Crippen LogP contribution >= 0.6 is 11.3 Å². The molecule has 212 valence electrons. The molecule has 10 heteroatoms. The topological polar surface area (TPSA) is 115 Å². The number of aliphatic hydroxyl groups excluding tert-OH is 1. The Hall–Kier alpha value is -4.70. The summed E-state index contributed by atoms with van der Waals surface area (Å²) in [6, 6.07) is 13.1. The summed E-state index contributed by atoms with van der Waals surface area (Å²) in [5, 5.41) is 11.2. The Morgan fingerprint density at radius 2 is 1.85 bits per heavy atom. The number of rotatable bonds is 12. The molecule has 1 unspecified atom stereocenters. The molecule has 0 radical (unpaired) electrons. The van der Waals surface area contributed by atoms with Crippen LogP contribution in [-0.2, 0) is 14.3 Å². The van der Waals surface area contributed by atoms with Crippen LogP contribution < -0.4 is 14.4 Å². The smallest absolute Gasteiger partial charge is 0.350 e. The molecule has 1 aliphatic rings. The summed E-state index contributed by atoms with van der Waals surface area (Å²) < 4.78 is 16.6. The fourth-order valence-electron chi connectivity index (χ4n) is 4.30. The van der Waals surface area contributed by atoms with Crippen molar-refractivity contribution in [2.45, 2.75) is 26.8 Å². The largest absolute Gasteiger partial charge is 0.503 e. The molecular formula is C31H30N2O7S. The minimum Gasteiger partial charge on any atom is -0.503 e. The van der Waals surface area contributed by atoms with Crippen molar-refractivity contribution in [2.24, 2.45) is 0 Å². The predicted octanol–water partition coefficient (Wildman–Crippen LogP) is 5.77. The summed E-state index contributed by atoms with van der Waals surface area (Å²) in [5.41, 5.74) is 1.48. The molecule has 2 heterocycles. The fourth-order valence-corrected chi connectivity index (χ4v) is 5.29. The fraction of sp³-hybridized carbons (Fsp3) is 0.226. The van der Waals surface area contributed by atoms with Crippen molar-refractivity contribution < 1.29 is 33.7 Å². The minimum absolute atomic E-state index is 0.130. The van der Waals surface area contributed by atoms with Gasteiger partial charge < -0.3 is 19.3 Å². The first kappa shape index (κ1) is 29.3. The van der Waals surface area contributed by atoms with Crippen LogP contribution in [0.3, 0.4) is 0 Å². The van der Waals surface area contributed by atoms with Gasteiger partial charge in [0.25, 0.3) is 5.91 Å². The van der Waals surface area contributed by atoms with Gasteiger partial charge in [0.05, 0.1) is 30.5 Å². The maximum Gasteiger partial charge on any atom is 0.350 e. The van der Waals surface area contributed by atoms with Gasteiger partial charge in [-0.3, -0.25) is 14.5 Å². The van der Waals surface area contributed by atoms with Crippen LogP contribution in [0.1, 0.15) is 46.4 Å². The van der Waals surface area contributed by atoms with Gasteiger partial charge >= 0.3 is 5.97 Å². The first-order valence-electron chi connectivity index (χ1n) is 13.0. The van der Waals surface area contributed by atoms with Crippen molar-refractivity contribution in [2.75, 3.05) is 24.7 Å². The lowest BCUT2D eigenvalue weighted by Crippen LogP contribution is -2.31. The van der Waals surface area contributed by atoms with E-state index in [2.05, 4.69) is 11.6 Å². The Bertz CT molecular complexity index is 1520. The Morgan fingerprint density at radius 1 is 1.10 bits per heavy atom. The maximum atomic E-state index is 13.6. The molecule has 1 atom stereocenters. The molecule has 1 N–H and O–H groups in total. The van der Waals surface area contributed by atoms with E-state index in [1.54, 1.807) is 44.2 Å². The lowest BCUT2D eigenvalue weighted by Gasteiger charge is -2.25. The number of ketones is 1. The monoisotopic (exact) mass is 574 g/mol. The van der Waals surface area contributed by atoms with E-state index in [9.17, 15) is 19.5 Å². The van der Waals surface area contributed by atoms with Gasteiger partial charge in [-0.1, -0.05) is 66.5 Å². The molecule has 0 saturated carbocycles.